The molecule has 0 unspecified atom stereocenters. The van der Waals surface area contributed by atoms with Crippen LogP contribution in [0.25, 0.3) is 22.3 Å². The molecule has 1 heterocycles. The van der Waals surface area contributed by atoms with E-state index in [1.165, 1.54) is 12.1 Å². The Morgan fingerprint density at radius 1 is 1.14 bits per heavy atom. The molecule has 0 aliphatic heterocycles. The Morgan fingerprint density at radius 3 is 2.71 bits per heavy atom. The molecule has 0 spiro atoms. The summed E-state index contributed by atoms with van der Waals surface area (Å²) in [5, 5.41) is 9.29. The lowest BCUT2D eigenvalue weighted by Crippen LogP contribution is -2.01. The highest BCUT2D eigenvalue weighted by Crippen LogP contribution is 2.30. The van der Waals surface area contributed by atoms with Crippen molar-refractivity contribution in [2.45, 2.75) is 0 Å². The molecule has 102 valence electrons. The van der Waals surface area contributed by atoms with Crippen molar-refractivity contribution in [3.05, 3.63) is 64.3 Å². The van der Waals surface area contributed by atoms with E-state index in [4.69, 9.17) is 14.4 Å². The molecule has 0 N–H and O–H groups in total. The predicted octanol–water partition coefficient (Wildman–Crippen LogP) is 3.34. The topological polar surface area (TPSA) is 63.2 Å². The molecule has 0 saturated heterocycles. The van der Waals surface area contributed by atoms with Crippen molar-refractivity contribution in [2.75, 3.05) is 7.11 Å². The number of hydrogen-bond donors (Lipinski definition) is 0. The zero-order valence-corrected chi connectivity index (χ0v) is 11.3. The molecular formula is C17H11NO3. The summed E-state index contributed by atoms with van der Waals surface area (Å²) in [6, 6.07) is 15.5. The van der Waals surface area contributed by atoms with Gasteiger partial charge in [0.15, 0.2) is 5.43 Å². The third-order valence-electron chi connectivity index (χ3n) is 3.23. The predicted molar refractivity (Wildman–Crippen MR) is 79.2 cm³/mol. The minimum Gasteiger partial charge on any atom is -0.496 e. The van der Waals surface area contributed by atoms with E-state index in [1.54, 1.807) is 25.3 Å². The van der Waals surface area contributed by atoms with E-state index < -0.39 is 0 Å². The fourth-order valence-electron chi connectivity index (χ4n) is 2.21. The standard InChI is InChI=1S/C17H11NO3/c1-20-15-5-3-2-4-12(15)17-9-14(19)13-8-11(10-18)6-7-16(13)21-17/h2-9H,1H3. The van der Waals surface area contributed by atoms with Crippen molar-refractivity contribution in [3.63, 3.8) is 0 Å². The highest BCUT2D eigenvalue weighted by atomic mass is 16.5. The Bertz CT molecular complexity index is 919. The van der Waals surface area contributed by atoms with Crippen LogP contribution in [0, 0.1) is 11.3 Å². The first-order valence-electron chi connectivity index (χ1n) is 6.34. The first-order chi connectivity index (χ1) is 10.2. The number of nitrogens with zero attached hydrogens (tertiary/aromatic N) is 1. The molecule has 0 atom stereocenters. The molecule has 4 heteroatoms. The Morgan fingerprint density at radius 2 is 1.95 bits per heavy atom. The van der Waals surface area contributed by atoms with Crippen molar-refractivity contribution in [1.29, 1.82) is 5.26 Å². The van der Waals surface area contributed by atoms with Gasteiger partial charge in [0, 0.05) is 6.07 Å². The van der Waals surface area contributed by atoms with Crippen LogP contribution in [0.2, 0.25) is 0 Å². The number of para-hydroxylation sites is 1. The molecule has 4 nitrogen and oxygen atoms in total. The second kappa shape index (κ2) is 5.14. The summed E-state index contributed by atoms with van der Waals surface area (Å²) >= 11 is 0. The van der Waals surface area contributed by atoms with E-state index in [9.17, 15) is 4.79 Å². The van der Waals surface area contributed by atoms with Gasteiger partial charge in [-0.1, -0.05) is 12.1 Å². The molecule has 0 aliphatic rings. The second-order valence-corrected chi connectivity index (χ2v) is 4.50. The van der Waals surface area contributed by atoms with Gasteiger partial charge in [-0.25, -0.2) is 0 Å². The zero-order valence-electron chi connectivity index (χ0n) is 11.3. The number of methoxy groups -OCH3 is 1. The lowest BCUT2D eigenvalue weighted by molar-refractivity contribution is 0.415. The van der Waals surface area contributed by atoms with E-state index in [0.717, 1.165) is 0 Å². The van der Waals surface area contributed by atoms with E-state index in [1.807, 2.05) is 24.3 Å². The summed E-state index contributed by atoms with van der Waals surface area (Å²) < 4.78 is 11.1. The van der Waals surface area contributed by atoms with Crippen molar-refractivity contribution in [3.8, 4) is 23.1 Å². The molecule has 0 bridgehead atoms. The molecule has 0 amide bonds. The number of ether oxygens (including phenoxy) is 1. The van der Waals surface area contributed by atoms with Gasteiger partial charge in [-0.15, -0.1) is 0 Å². The highest BCUT2D eigenvalue weighted by molar-refractivity contribution is 5.80. The van der Waals surface area contributed by atoms with Gasteiger partial charge < -0.3 is 9.15 Å². The number of fused-ring (bicyclic) bond motifs is 1. The van der Waals surface area contributed by atoms with Crippen LogP contribution in [0.1, 0.15) is 5.56 Å². The smallest absolute Gasteiger partial charge is 0.193 e. The minimum atomic E-state index is -0.186. The first-order valence-corrected chi connectivity index (χ1v) is 6.34. The molecule has 3 aromatic rings. The Labute approximate surface area is 120 Å². The number of benzene rings is 2. The van der Waals surface area contributed by atoms with E-state index >= 15 is 0 Å². The van der Waals surface area contributed by atoms with Crippen LogP contribution >= 0.6 is 0 Å². The number of hydrogen-bond acceptors (Lipinski definition) is 4. The van der Waals surface area contributed by atoms with Gasteiger partial charge in [-0.2, -0.15) is 5.26 Å². The molecule has 0 radical (unpaired) electrons. The van der Waals surface area contributed by atoms with Gasteiger partial charge in [-0.05, 0) is 30.3 Å². The third-order valence-corrected chi connectivity index (χ3v) is 3.23. The van der Waals surface area contributed by atoms with Crippen molar-refractivity contribution in [1.82, 2.24) is 0 Å². The largest absolute Gasteiger partial charge is 0.496 e. The fourth-order valence-corrected chi connectivity index (χ4v) is 2.21. The Balaban J connectivity index is 2.27. The summed E-state index contributed by atoms with van der Waals surface area (Å²) in [6.07, 6.45) is 0. The third kappa shape index (κ3) is 2.26. The summed E-state index contributed by atoms with van der Waals surface area (Å²) in [7, 11) is 1.57. The fraction of sp³-hybridized carbons (Fsp3) is 0.0588. The average molecular weight is 277 g/mol. The van der Waals surface area contributed by atoms with Crippen LogP contribution in [0.3, 0.4) is 0 Å². The lowest BCUT2D eigenvalue weighted by atomic mass is 10.1. The van der Waals surface area contributed by atoms with Crippen LogP contribution in [-0.4, -0.2) is 7.11 Å². The van der Waals surface area contributed by atoms with E-state index in [0.29, 0.717) is 33.6 Å². The zero-order chi connectivity index (χ0) is 14.8. The molecule has 2 aromatic carbocycles. The molecule has 21 heavy (non-hydrogen) atoms. The van der Waals surface area contributed by atoms with Crippen LogP contribution < -0.4 is 10.2 Å². The molecule has 0 fully saturated rings. The normalized spacial score (nSPS) is 10.3. The molecule has 3 rings (SSSR count). The Kier molecular flexibility index (Phi) is 3.17. The minimum absolute atomic E-state index is 0.186. The van der Waals surface area contributed by atoms with Crippen LogP contribution in [-0.2, 0) is 0 Å². The van der Waals surface area contributed by atoms with Crippen molar-refractivity contribution >= 4 is 11.0 Å². The SMILES string of the molecule is COc1ccccc1-c1cc(=O)c2cc(C#N)ccc2o1. The van der Waals surface area contributed by atoms with E-state index in [-0.39, 0.29) is 5.43 Å². The summed E-state index contributed by atoms with van der Waals surface area (Å²) in [5.41, 5.74) is 1.40. The van der Waals surface area contributed by atoms with Crippen LogP contribution in [0.15, 0.2) is 57.7 Å². The summed E-state index contributed by atoms with van der Waals surface area (Å²) in [4.78, 5) is 12.2. The first kappa shape index (κ1) is 12.9. The summed E-state index contributed by atoms with van der Waals surface area (Å²) in [6.45, 7) is 0. The second-order valence-electron chi connectivity index (χ2n) is 4.50. The van der Waals surface area contributed by atoms with Gasteiger partial charge in [0.05, 0.1) is 29.7 Å². The number of rotatable bonds is 2. The summed E-state index contributed by atoms with van der Waals surface area (Å²) in [5.74, 6) is 1.07. The van der Waals surface area contributed by atoms with E-state index in [2.05, 4.69) is 0 Å². The maximum absolute atomic E-state index is 12.2. The number of nitriles is 1. The van der Waals surface area contributed by atoms with Gasteiger partial charge in [0.2, 0.25) is 0 Å². The Hall–Kier alpha value is -3.06. The van der Waals surface area contributed by atoms with Crippen molar-refractivity contribution in [2.24, 2.45) is 0 Å². The van der Waals surface area contributed by atoms with Crippen LogP contribution in [0.5, 0.6) is 5.75 Å². The monoisotopic (exact) mass is 277 g/mol. The maximum atomic E-state index is 12.2. The highest BCUT2D eigenvalue weighted by Gasteiger charge is 2.11. The molecule has 0 saturated carbocycles. The van der Waals surface area contributed by atoms with Gasteiger partial charge in [-0.3, -0.25) is 4.79 Å². The van der Waals surface area contributed by atoms with Gasteiger partial charge >= 0.3 is 0 Å². The van der Waals surface area contributed by atoms with Crippen molar-refractivity contribution < 1.29 is 9.15 Å². The lowest BCUT2D eigenvalue weighted by Gasteiger charge is -2.08. The van der Waals surface area contributed by atoms with Gasteiger partial charge in [0.1, 0.15) is 17.1 Å². The van der Waals surface area contributed by atoms with Gasteiger partial charge in [0.25, 0.3) is 0 Å². The molecular weight excluding hydrogens is 266 g/mol. The average Bonchev–Trinajstić information content (AvgIpc) is 2.54. The van der Waals surface area contributed by atoms with Crippen LogP contribution in [0.4, 0.5) is 0 Å². The molecule has 1 aromatic heterocycles. The molecule has 0 aliphatic carbocycles. The maximum Gasteiger partial charge on any atom is 0.193 e. The quantitative estimate of drug-likeness (QED) is 0.720.